The van der Waals surface area contributed by atoms with Gasteiger partial charge in [0.2, 0.25) is 5.91 Å². The highest BCUT2D eigenvalue weighted by molar-refractivity contribution is 7.99. The monoisotopic (exact) mass is 357 g/mol. The minimum Gasteiger partial charge on any atom is -0.486 e. The fourth-order valence-electron chi connectivity index (χ4n) is 2.72. The van der Waals surface area contributed by atoms with E-state index in [1.807, 2.05) is 37.3 Å². The molecule has 1 N–H and O–H groups in total. The first-order valence-electron chi connectivity index (χ1n) is 8.44. The smallest absolute Gasteiger partial charge is 0.230 e. The van der Waals surface area contributed by atoms with Crippen molar-refractivity contribution in [2.45, 2.75) is 25.6 Å². The molecule has 2 aromatic rings. The summed E-state index contributed by atoms with van der Waals surface area (Å²) < 4.78 is 11.1. The average molecular weight is 357 g/mol. The van der Waals surface area contributed by atoms with Crippen LogP contribution in [0.3, 0.4) is 0 Å². The van der Waals surface area contributed by atoms with Crippen molar-refractivity contribution in [3.8, 4) is 11.5 Å². The highest BCUT2D eigenvalue weighted by Crippen LogP contribution is 2.32. The molecule has 1 atom stereocenters. The topological polar surface area (TPSA) is 47.6 Å². The van der Waals surface area contributed by atoms with Crippen LogP contribution in [0, 0.1) is 6.92 Å². The van der Waals surface area contributed by atoms with E-state index in [1.54, 1.807) is 11.8 Å². The standard InChI is InChI=1S/C20H23NO3S/c1-14-5-3-4-6-17(14)12-25-13-20(22)21-15(2)16-7-8-18-19(11-16)24-10-9-23-18/h3-8,11,15H,9-10,12-13H2,1-2H3,(H,21,22)/t15-/m1/s1. The summed E-state index contributed by atoms with van der Waals surface area (Å²) in [5.41, 5.74) is 3.56. The summed E-state index contributed by atoms with van der Waals surface area (Å²) in [7, 11) is 0. The second-order valence-electron chi connectivity index (χ2n) is 6.11. The quantitative estimate of drug-likeness (QED) is 0.852. The number of aryl methyl sites for hydroxylation is 1. The summed E-state index contributed by atoms with van der Waals surface area (Å²) in [6.45, 7) is 5.22. The van der Waals surface area contributed by atoms with Crippen LogP contribution in [0.25, 0.3) is 0 Å². The highest BCUT2D eigenvalue weighted by Gasteiger charge is 2.15. The van der Waals surface area contributed by atoms with Gasteiger partial charge in [0.15, 0.2) is 11.5 Å². The molecule has 5 heteroatoms. The van der Waals surface area contributed by atoms with Crippen molar-refractivity contribution in [2.24, 2.45) is 0 Å². The lowest BCUT2D eigenvalue weighted by atomic mass is 10.1. The molecule has 0 unspecified atom stereocenters. The van der Waals surface area contributed by atoms with Gasteiger partial charge in [-0.15, -0.1) is 11.8 Å². The molecule has 0 bridgehead atoms. The van der Waals surface area contributed by atoms with E-state index in [2.05, 4.69) is 24.4 Å². The minimum atomic E-state index is -0.0672. The molecule has 0 saturated carbocycles. The van der Waals surface area contributed by atoms with Crippen molar-refractivity contribution >= 4 is 17.7 Å². The van der Waals surface area contributed by atoms with Gasteiger partial charge in [-0.05, 0) is 42.7 Å². The lowest BCUT2D eigenvalue weighted by Crippen LogP contribution is -2.28. The van der Waals surface area contributed by atoms with Crippen LogP contribution >= 0.6 is 11.8 Å². The molecule has 0 aliphatic carbocycles. The number of hydrogen-bond donors (Lipinski definition) is 1. The molecule has 0 spiro atoms. The van der Waals surface area contributed by atoms with Gasteiger partial charge in [-0.25, -0.2) is 0 Å². The molecule has 25 heavy (non-hydrogen) atoms. The molecule has 0 radical (unpaired) electrons. The number of carbonyl (C=O) groups excluding carboxylic acids is 1. The molecule has 132 valence electrons. The van der Waals surface area contributed by atoms with E-state index in [4.69, 9.17) is 9.47 Å². The number of thioether (sulfide) groups is 1. The Balaban J connectivity index is 1.50. The molecule has 1 amide bonds. The highest BCUT2D eigenvalue weighted by atomic mass is 32.2. The number of benzene rings is 2. The van der Waals surface area contributed by atoms with E-state index in [-0.39, 0.29) is 11.9 Å². The van der Waals surface area contributed by atoms with Crippen LogP contribution in [0.15, 0.2) is 42.5 Å². The number of carbonyl (C=O) groups is 1. The fourth-order valence-corrected chi connectivity index (χ4v) is 3.64. The Hall–Kier alpha value is -2.14. The molecule has 1 aliphatic rings. The number of hydrogen-bond acceptors (Lipinski definition) is 4. The maximum atomic E-state index is 12.2. The van der Waals surface area contributed by atoms with Gasteiger partial charge in [0, 0.05) is 5.75 Å². The second kappa shape index (κ2) is 8.30. The van der Waals surface area contributed by atoms with Crippen LogP contribution < -0.4 is 14.8 Å². The zero-order valence-corrected chi connectivity index (χ0v) is 15.4. The Morgan fingerprint density at radius 2 is 1.92 bits per heavy atom. The first-order chi connectivity index (χ1) is 12.1. The van der Waals surface area contributed by atoms with Gasteiger partial charge in [0.1, 0.15) is 13.2 Å². The van der Waals surface area contributed by atoms with Crippen LogP contribution in [0.5, 0.6) is 11.5 Å². The first kappa shape index (κ1) is 17.7. The van der Waals surface area contributed by atoms with Crippen molar-refractivity contribution in [2.75, 3.05) is 19.0 Å². The zero-order valence-electron chi connectivity index (χ0n) is 14.6. The molecule has 0 fully saturated rings. The molecule has 2 aromatic carbocycles. The van der Waals surface area contributed by atoms with Gasteiger partial charge in [-0.1, -0.05) is 30.3 Å². The van der Waals surface area contributed by atoms with Gasteiger partial charge in [0.25, 0.3) is 0 Å². The zero-order chi connectivity index (χ0) is 17.6. The number of fused-ring (bicyclic) bond motifs is 1. The van der Waals surface area contributed by atoms with Crippen molar-refractivity contribution in [3.05, 3.63) is 59.2 Å². The van der Waals surface area contributed by atoms with E-state index in [0.717, 1.165) is 22.8 Å². The van der Waals surface area contributed by atoms with Crippen molar-refractivity contribution in [1.29, 1.82) is 0 Å². The summed E-state index contributed by atoms with van der Waals surface area (Å²) in [5.74, 6) is 2.85. The molecule has 3 rings (SSSR count). The van der Waals surface area contributed by atoms with Crippen LogP contribution in [0.1, 0.15) is 29.7 Å². The van der Waals surface area contributed by atoms with E-state index in [9.17, 15) is 4.79 Å². The Labute approximate surface area is 152 Å². The van der Waals surface area contributed by atoms with Gasteiger partial charge < -0.3 is 14.8 Å². The molecule has 0 aromatic heterocycles. The Morgan fingerprint density at radius 1 is 1.16 bits per heavy atom. The van der Waals surface area contributed by atoms with Crippen LogP contribution in [0.2, 0.25) is 0 Å². The second-order valence-corrected chi connectivity index (χ2v) is 7.10. The Morgan fingerprint density at radius 3 is 2.72 bits per heavy atom. The maximum absolute atomic E-state index is 12.2. The normalized spacial score (nSPS) is 14.0. The number of ether oxygens (including phenoxy) is 2. The van der Waals surface area contributed by atoms with E-state index >= 15 is 0 Å². The van der Waals surface area contributed by atoms with Crippen LogP contribution in [-0.2, 0) is 10.5 Å². The third kappa shape index (κ3) is 4.69. The molecule has 4 nitrogen and oxygen atoms in total. The van der Waals surface area contributed by atoms with Gasteiger partial charge in [-0.3, -0.25) is 4.79 Å². The third-order valence-electron chi connectivity index (χ3n) is 4.20. The Bertz CT molecular complexity index is 747. The van der Waals surface area contributed by atoms with Gasteiger partial charge in [-0.2, -0.15) is 0 Å². The molecule has 0 saturated heterocycles. The minimum absolute atomic E-state index is 0.0426. The predicted molar refractivity (Wildman–Crippen MR) is 101 cm³/mol. The molecular formula is C20H23NO3S. The van der Waals surface area contributed by atoms with E-state index in [1.165, 1.54) is 11.1 Å². The maximum Gasteiger partial charge on any atom is 0.230 e. The molecule has 1 heterocycles. The predicted octanol–water partition coefficient (Wildman–Crippen LogP) is 3.88. The van der Waals surface area contributed by atoms with Crippen LogP contribution in [-0.4, -0.2) is 24.9 Å². The summed E-state index contributed by atoms with van der Waals surface area (Å²) in [4.78, 5) is 12.2. The SMILES string of the molecule is Cc1ccccc1CSCC(=O)N[C@H](C)c1ccc2c(c1)OCCO2. The summed E-state index contributed by atoms with van der Waals surface area (Å²) in [6.07, 6.45) is 0. The molecule has 1 aliphatic heterocycles. The number of rotatable bonds is 6. The van der Waals surface area contributed by atoms with Crippen molar-refractivity contribution in [1.82, 2.24) is 5.32 Å². The number of nitrogens with one attached hydrogen (secondary N) is 1. The summed E-state index contributed by atoms with van der Waals surface area (Å²) >= 11 is 1.63. The first-order valence-corrected chi connectivity index (χ1v) is 9.60. The van der Waals surface area contributed by atoms with Crippen molar-refractivity contribution < 1.29 is 14.3 Å². The molecular weight excluding hydrogens is 334 g/mol. The fraction of sp³-hybridized carbons (Fsp3) is 0.350. The Kier molecular flexibility index (Phi) is 5.87. The van der Waals surface area contributed by atoms with Crippen LogP contribution in [0.4, 0.5) is 0 Å². The van der Waals surface area contributed by atoms with E-state index in [0.29, 0.717) is 19.0 Å². The number of amides is 1. The lowest BCUT2D eigenvalue weighted by Gasteiger charge is -2.21. The van der Waals surface area contributed by atoms with E-state index < -0.39 is 0 Å². The van der Waals surface area contributed by atoms with Crippen molar-refractivity contribution in [3.63, 3.8) is 0 Å². The largest absolute Gasteiger partial charge is 0.486 e. The average Bonchev–Trinajstić information content (AvgIpc) is 2.63. The van der Waals surface area contributed by atoms with Gasteiger partial charge in [0.05, 0.1) is 11.8 Å². The third-order valence-corrected chi connectivity index (χ3v) is 5.18. The summed E-state index contributed by atoms with van der Waals surface area (Å²) in [6, 6.07) is 14.0. The lowest BCUT2D eigenvalue weighted by molar-refractivity contribution is -0.119. The summed E-state index contributed by atoms with van der Waals surface area (Å²) in [5, 5.41) is 3.05. The van der Waals surface area contributed by atoms with Gasteiger partial charge >= 0.3 is 0 Å².